The van der Waals surface area contributed by atoms with Gasteiger partial charge < -0.3 is 5.73 Å². The lowest BCUT2D eigenvalue weighted by Crippen LogP contribution is -2.41. The van der Waals surface area contributed by atoms with E-state index in [4.69, 9.17) is 18.0 Å². The highest BCUT2D eigenvalue weighted by Gasteiger charge is 2.21. The van der Waals surface area contributed by atoms with E-state index in [2.05, 4.69) is 18.7 Å². The van der Waals surface area contributed by atoms with E-state index in [1.165, 1.54) is 38.5 Å². The summed E-state index contributed by atoms with van der Waals surface area (Å²) in [6.45, 7) is 5.60. The van der Waals surface area contributed by atoms with Gasteiger partial charge in [0.2, 0.25) is 0 Å². The SMILES string of the molecule is CC(C)N(CCC(N)=S)C1CCCCCC1. The van der Waals surface area contributed by atoms with Crippen molar-refractivity contribution in [3.05, 3.63) is 0 Å². The van der Waals surface area contributed by atoms with Crippen LogP contribution in [0.3, 0.4) is 0 Å². The Labute approximate surface area is 106 Å². The van der Waals surface area contributed by atoms with E-state index >= 15 is 0 Å². The normalized spacial score (nSPS) is 19.0. The zero-order valence-corrected chi connectivity index (χ0v) is 11.6. The lowest BCUT2D eigenvalue weighted by molar-refractivity contribution is 0.143. The van der Waals surface area contributed by atoms with Gasteiger partial charge in [-0.25, -0.2) is 0 Å². The number of thiocarbonyl (C=S) groups is 1. The fourth-order valence-electron chi connectivity index (χ4n) is 2.69. The fourth-order valence-corrected chi connectivity index (χ4v) is 2.78. The first-order valence-electron chi connectivity index (χ1n) is 6.65. The van der Waals surface area contributed by atoms with Crippen LogP contribution in [0.5, 0.6) is 0 Å². The predicted octanol–water partition coefficient (Wildman–Crippen LogP) is 3.10. The largest absolute Gasteiger partial charge is 0.393 e. The van der Waals surface area contributed by atoms with E-state index < -0.39 is 0 Å². The third-order valence-corrected chi connectivity index (χ3v) is 3.78. The maximum absolute atomic E-state index is 5.61. The molecule has 0 aromatic carbocycles. The zero-order valence-electron chi connectivity index (χ0n) is 10.7. The van der Waals surface area contributed by atoms with Gasteiger partial charge in [0.1, 0.15) is 0 Å². The highest BCUT2D eigenvalue weighted by atomic mass is 32.1. The summed E-state index contributed by atoms with van der Waals surface area (Å²) in [5, 5.41) is 0. The molecule has 1 aliphatic rings. The van der Waals surface area contributed by atoms with Gasteiger partial charge in [0.05, 0.1) is 4.99 Å². The van der Waals surface area contributed by atoms with Gasteiger partial charge in [0.15, 0.2) is 0 Å². The molecule has 0 aromatic heterocycles. The standard InChI is InChI=1S/C13H26N2S/c1-11(2)15(10-9-13(14)16)12-7-5-3-4-6-8-12/h11-12H,3-10H2,1-2H3,(H2,14,16). The highest BCUT2D eigenvalue weighted by Crippen LogP contribution is 2.23. The second-order valence-corrected chi connectivity index (χ2v) is 5.72. The van der Waals surface area contributed by atoms with Gasteiger partial charge in [-0.3, -0.25) is 4.90 Å². The molecule has 1 saturated carbocycles. The van der Waals surface area contributed by atoms with Crippen LogP contribution in [-0.4, -0.2) is 28.5 Å². The second-order valence-electron chi connectivity index (χ2n) is 5.19. The van der Waals surface area contributed by atoms with Crippen molar-refractivity contribution < 1.29 is 0 Å². The zero-order chi connectivity index (χ0) is 12.0. The molecule has 0 amide bonds. The first-order valence-corrected chi connectivity index (χ1v) is 7.06. The van der Waals surface area contributed by atoms with Gasteiger partial charge in [-0.2, -0.15) is 0 Å². The number of nitrogens with two attached hydrogens (primary N) is 1. The van der Waals surface area contributed by atoms with E-state index in [9.17, 15) is 0 Å². The summed E-state index contributed by atoms with van der Waals surface area (Å²) in [5.74, 6) is 0. The number of rotatable bonds is 5. The van der Waals surface area contributed by atoms with Crippen LogP contribution < -0.4 is 5.73 Å². The van der Waals surface area contributed by atoms with Crippen LogP contribution in [0.2, 0.25) is 0 Å². The van der Waals surface area contributed by atoms with Crippen molar-refractivity contribution in [3.8, 4) is 0 Å². The van der Waals surface area contributed by atoms with Gasteiger partial charge in [-0.15, -0.1) is 0 Å². The van der Waals surface area contributed by atoms with Gasteiger partial charge in [0, 0.05) is 25.0 Å². The van der Waals surface area contributed by atoms with Gasteiger partial charge in [-0.1, -0.05) is 37.9 Å². The minimum absolute atomic E-state index is 0.609. The Bertz CT molecular complexity index is 208. The average Bonchev–Trinajstić information content (AvgIpc) is 2.45. The van der Waals surface area contributed by atoms with Crippen LogP contribution in [0.25, 0.3) is 0 Å². The summed E-state index contributed by atoms with van der Waals surface area (Å²) in [4.78, 5) is 3.25. The molecule has 0 spiro atoms. The monoisotopic (exact) mass is 242 g/mol. The molecule has 0 bridgehead atoms. The van der Waals surface area contributed by atoms with E-state index in [1.54, 1.807) is 0 Å². The molecule has 0 aromatic rings. The summed E-state index contributed by atoms with van der Waals surface area (Å²) >= 11 is 4.98. The number of nitrogens with zero attached hydrogens (tertiary/aromatic N) is 1. The predicted molar refractivity (Wildman–Crippen MR) is 74.7 cm³/mol. The van der Waals surface area contributed by atoms with Crippen LogP contribution in [0.15, 0.2) is 0 Å². The van der Waals surface area contributed by atoms with Crippen LogP contribution in [0.1, 0.15) is 58.8 Å². The Balaban J connectivity index is 2.49. The van der Waals surface area contributed by atoms with Crippen LogP contribution in [0, 0.1) is 0 Å². The van der Waals surface area contributed by atoms with Gasteiger partial charge in [-0.05, 0) is 26.7 Å². The molecular formula is C13H26N2S. The summed E-state index contributed by atoms with van der Waals surface area (Å²) in [7, 11) is 0. The summed E-state index contributed by atoms with van der Waals surface area (Å²) in [6, 6.07) is 1.37. The third kappa shape index (κ3) is 4.79. The third-order valence-electron chi connectivity index (χ3n) is 3.57. The smallest absolute Gasteiger partial charge is 0.0740 e. The Morgan fingerprint density at radius 2 is 1.81 bits per heavy atom. The Morgan fingerprint density at radius 1 is 1.25 bits per heavy atom. The lowest BCUT2D eigenvalue weighted by Gasteiger charge is -2.34. The Hall–Kier alpha value is -0.150. The molecule has 2 nitrogen and oxygen atoms in total. The van der Waals surface area contributed by atoms with Crippen LogP contribution in [-0.2, 0) is 0 Å². The van der Waals surface area contributed by atoms with Crippen molar-refractivity contribution in [3.63, 3.8) is 0 Å². The first kappa shape index (κ1) is 13.9. The van der Waals surface area contributed by atoms with Crippen molar-refractivity contribution in [1.29, 1.82) is 0 Å². The van der Waals surface area contributed by atoms with E-state index in [0.29, 0.717) is 11.0 Å². The summed E-state index contributed by atoms with van der Waals surface area (Å²) in [5.41, 5.74) is 5.61. The quantitative estimate of drug-likeness (QED) is 0.593. The van der Waals surface area contributed by atoms with E-state index in [-0.39, 0.29) is 0 Å². The molecule has 0 heterocycles. The highest BCUT2D eigenvalue weighted by molar-refractivity contribution is 7.80. The average molecular weight is 242 g/mol. The van der Waals surface area contributed by atoms with Crippen LogP contribution >= 0.6 is 12.2 Å². The summed E-state index contributed by atoms with van der Waals surface area (Å²) < 4.78 is 0. The van der Waals surface area contributed by atoms with E-state index in [0.717, 1.165) is 19.0 Å². The molecule has 1 rings (SSSR count). The summed E-state index contributed by atoms with van der Waals surface area (Å²) in [6.07, 6.45) is 9.19. The fraction of sp³-hybridized carbons (Fsp3) is 0.923. The number of hydrogen-bond donors (Lipinski definition) is 1. The van der Waals surface area contributed by atoms with Crippen molar-refractivity contribution in [2.75, 3.05) is 6.54 Å². The lowest BCUT2D eigenvalue weighted by atomic mass is 10.0. The topological polar surface area (TPSA) is 29.3 Å². The van der Waals surface area contributed by atoms with Crippen molar-refractivity contribution in [2.45, 2.75) is 70.9 Å². The minimum Gasteiger partial charge on any atom is -0.393 e. The first-order chi connectivity index (χ1) is 7.61. The molecular weight excluding hydrogens is 216 g/mol. The molecule has 0 radical (unpaired) electrons. The van der Waals surface area contributed by atoms with Crippen molar-refractivity contribution in [2.24, 2.45) is 5.73 Å². The van der Waals surface area contributed by atoms with E-state index in [1.807, 2.05) is 0 Å². The maximum Gasteiger partial charge on any atom is 0.0740 e. The minimum atomic E-state index is 0.609. The number of hydrogen-bond acceptors (Lipinski definition) is 2. The molecule has 2 N–H and O–H groups in total. The molecule has 3 heteroatoms. The molecule has 0 atom stereocenters. The van der Waals surface area contributed by atoms with Crippen molar-refractivity contribution in [1.82, 2.24) is 4.90 Å². The van der Waals surface area contributed by atoms with Gasteiger partial charge in [0.25, 0.3) is 0 Å². The maximum atomic E-state index is 5.61. The molecule has 0 saturated heterocycles. The molecule has 1 aliphatic carbocycles. The molecule has 0 unspecified atom stereocenters. The molecule has 0 aliphatic heterocycles. The Morgan fingerprint density at radius 3 is 2.25 bits per heavy atom. The Kier molecular flexibility index (Phi) is 6.29. The molecule has 16 heavy (non-hydrogen) atoms. The van der Waals surface area contributed by atoms with Gasteiger partial charge >= 0.3 is 0 Å². The molecule has 1 fully saturated rings. The van der Waals surface area contributed by atoms with Crippen molar-refractivity contribution >= 4 is 17.2 Å². The second kappa shape index (κ2) is 7.23. The molecule has 94 valence electrons. The van der Waals surface area contributed by atoms with Crippen LogP contribution in [0.4, 0.5) is 0 Å².